The Morgan fingerprint density at radius 3 is 3.25 bits per heavy atom. The maximum absolute atomic E-state index is 3.45. The molecule has 0 radical (unpaired) electrons. The van der Waals surface area contributed by atoms with E-state index >= 15 is 0 Å². The molecule has 1 aromatic heterocycles. The number of piperidine rings is 1. The minimum Gasteiger partial charge on any atom is -0.316 e. The van der Waals surface area contributed by atoms with Crippen molar-refractivity contribution >= 4 is 11.3 Å². The quantitative estimate of drug-likeness (QED) is 0.738. The van der Waals surface area contributed by atoms with Crippen molar-refractivity contribution in [1.82, 2.24) is 5.32 Å². The van der Waals surface area contributed by atoms with Gasteiger partial charge < -0.3 is 5.32 Å². The molecule has 2 heterocycles. The Bertz CT molecular complexity index is 212. The van der Waals surface area contributed by atoms with Gasteiger partial charge in [-0.1, -0.05) is 6.07 Å². The molecule has 12 heavy (non-hydrogen) atoms. The summed E-state index contributed by atoms with van der Waals surface area (Å²) in [6, 6.07) is 4.40. The molecule has 1 nitrogen and oxygen atoms in total. The highest BCUT2D eigenvalue weighted by molar-refractivity contribution is 7.09. The van der Waals surface area contributed by atoms with Crippen molar-refractivity contribution in [1.29, 1.82) is 0 Å². The minimum atomic E-state index is 0.886. The smallest absolute Gasteiger partial charge is 0.00484 e. The molecule has 1 N–H and O–H groups in total. The topological polar surface area (TPSA) is 12.0 Å². The summed E-state index contributed by atoms with van der Waals surface area (Å²) in [5.41, 5.74) is 0. The van der Waals surface area contributed by atoms with E-state index in [2.05, 4.69) is 22.8 Å². The SMILES string of the molecule is c1csc(C[C@@H]2CCCNC2)c1. The number of rotatable bonds is 2. The first-order chi connectivity index (χ1) is 5.95. The molecule has 2 heteroatoms. The molecule has 0 amide bonds. The molecule has 0 aliphatic carbocycles. The Kier molecular flexibility index (Phi) is 2.79. The van der Waals surface area contributed by atoms with Crippen LogP contribution in [0.5, 0.6) is 0 Å². The third-order valence-corrected chi connectivity index (χ3v) is 3.37. The standard InChI is InChI=1S/C10H15NS/c1-3-9(8-11-5-1)7-10-4-2-6-12-10/h2,4,6,9,11H,1,3,5,7-8H2/t9-/m0/s1. The van der Waals surface area contributed by atoms with Crippen LogP contribution in [-0.2, 0) is 6.42 Å². The maximum atomic E-state index is 3.45. The minimum absolute atomic E-state index is 0.886. The average molecular weight is 181 g/mol. The fourth-order valence-electron chi connectivity index (χ4n) is 1.81. The lowest BCUT2D eigenvalue weighted by Crippen LogP contribution is -2.30. The molecule has 1 aliphatic heterocycles. The van der Waals surface area contributed by atoms with Gasteiger partial charge in [0.15, 0.2) is 0 Å². The number of thiophene rings is 1. The average Bonchev–Trinajstić information content (AvgIpc) is 2.59. The fraction of sp³-hybridized carbons (Fsp3) is 0.600. The lowest BCUT2D eigenvalue weighted by atomic mass is 9.96. The van der Waals surface area contributed by atoms with Crippen LogP contribution in [0.25, 0.3) is 0 Å². The summed E-state index contributed by atoms with van der Waals surface area (Å²) in [4.78, 5) is 1.55. The summed E-state index contributed by atoms with van der Waals surface area (Å²) >= 11 is 1.89. The highest BCUT2D eigenvalue weighted by Gasteiger charge is 2.13. The van der Waals surface area contributed by atoms with Crippen molar-refractivity contribution in [2.24, 2.45) is 5.92 Å². The second-order valence-corrected chi connectivity index (χ2v) is 4.53. The van der Waals surface area contributed by atoms with Crippen molar-refractivity contribution in [3.63, 3.8) is 0 Å². The molecule has 1 aliphatic rings. The fourth-order valence-corrected chi connectivity index (χ4v) is 2.63. The van der Waals surface area contributed by atoms with Crippen LogP contribution in [0, 0.1) is 5.92 Å². The molecule has 66 valence electrons. The largest absolute Gasteiger partial charge is 0.316 e. The first-order valence-corrected chi connectivity index (χ1v) is 5.56. The summed E-state index contributed by atoms with van der Waals surface area (Å²) in [5, 5.41) is 5.62. The van der Waals surface area contributed by atoms with Gasteiger partial charge in [-0.05, 0) is 49.7 Å². The highest BCUT2D eigenvalue weighted by Crippen LogP contribution is 2.19. The summed E-state index contributed by atoms with van der Waals surface area (Å²) in [5.74, 6) is 0.886. The van der Waals surface area contributed by atoms with Crippen molar-refractivity contribution in [2.75, 3.05) is 13.1 Å². The van der Waals surface area contributed by atoms with Gasteiger partial charge >= 0.3 is 0 Å². The summed E-state index contributed by atoms with van der Waals surface area (Å²) in [6.45, 7) is 2.44. The molecule has 1 atom stereocenters. The Labute approximate surface area is 77.8 Å². The van der Waals surface area contributed by atoms with Gasteiger partial charge in [0.1, 0.15) is 0 Å². The second-order valence-electron chi connectivity index (χ2n) is 3.50. The van der Waals surface area contributed by atoms with E-state index in [1.807, 2.05) is 11.3 Å². The van der Waals surface area contributed by atoms with Gasteiger partial charge in [0.05, 0.1) is 0 Å². The summed E-state index contributed by atoms with van der Waals surface area (Å²) in [7, 11) is 0. The lowest BCUT2D eigenvalue weighted by Gasteiger charge is -2.21. The molecule has 2 rings (SSSR count). The second kappa shape index (κ2) is 4.06. The first-order valence-electron chi connectivity index (χ1n) is 4.68. The van der Waals surface area contributed by atoms with E-state index in [9.17, 15) is 0 Å². The van der Waals surface area contributed by atoms with E-state index in [0.717, 1.165) is 5.92 Å². The normalized spacial score (nSPS) is 24.2. The number of hydrogen-bond donors (Lipinski definition) is 1. The van der Waals surface area contributed by atoms with Crippen LogP contribution in [0.3, 0.4) is 0 Å². The Hall–Kier alpha value is -0.340. The van der Waals surface area contributed by atoms with Crippen LogP contribution < -0.4 is 5.32 Å². The van der Waals surface area contributed by atoms with Crippen molar-refractivity contribution in [2.45, 2.75) is 19.3 Å². The van der Waals surface area contributed by atoms with Gasteiger partial charge in [-0.3, -0.25) is 0 Å². The highest BCUT2D eigenvalue weighted by atomic mass is 32.1. The van der Waals surface area contributed by atoms with Gasteiger partial charge in [-0.25, -0.2) is 0 Å². The molecular weight excluding hydrogens is 166 g/mol. The molecule has 0 saturated carbocycles. The molecule has 0 bridgehead atoms. The molecule has 1 saturated heterocycles. The molecular formula is C10H15NS. The third kappa shape index (κ3) is 2.08. The van der Waals surface area contributed by atoms with E-state index in [1.165, 1.54) is 32.4 Å². The van der Waals surface area contributed by atoms with Crippen LogP contribution in [0.1, 0.15) is 17.7 Å². The third-order valence-electron chi connectivity index (χ3n) is 2.47. The zero-order valence-electron chi connectivity index (χ0n) is 7.25. The van der Waals surface area contributed by atoms with Gasteiger partial charge in [0, 0.05) is 4.88 Å². The first kappa shape index (κ1) is 8.27. The van der Waals surface area contributed by atoms with Crippen LogP contribution in [-0.4, -0.2) is 13.1 Å². The van der Waals surface area contributed by atoms with Crippen LogP contribution in [0.4, 0.5) is 0 Å². The monoisotopic (exact) mass is 181 g/mol. The zero-order chi connectivity index (χ0) is 8.23. The Morgan fingerprint density at radius 1 is 1.58 bits per heavy atom. The van der Waals surface area contributed by atoms with Crippen LogP contribution >= 0.6 is 11.3 Å². The Balaban J connectivity index is 1.86. The zero-order valence-corrected chi connectivity index (χ0v) is 8.07. The lowest BCUT2D eigenvalue weighted by molar-refractivity contribution is 0.378. The van der Waals surface area contributed by atoms with Gasteiger partial charge in [-0.2, -0.15) is 0 Å². The van der Waals surface area contributed by atoms with E-state index < -0.39 is 0 Å². The predicted octanol–water partition coefficient (Wildman–Crippen LogP) is 2.29. The number of nitrogens with one attached hydrogen (secondary N) is 1. The predicted molar refractivity (Wildman–Crippen MR) is 53.6 cm³/mol. The van der Waals surface area contributed by atoms with E-state index in [1.54, 1.807) is 4.88 Å². The molecule has 0 spiro atoms. The van der Waals surface area contributed by atoms with Crippen molar-refractivity contribution < 1.29 is 0 Å². The van der Waals surface area contributed by atoms with Gasteiger partial charge in [0.2, 0.25) is 0 Å². The van der Waals surface area contributed by atoms with Crippen LogP contribution in [0.15, 0.2) is 17.5 Å². The summed E-state index contributed by atoms with van der Waals surface area (Å²) in [6.07, 6.45) is 4.05. The van der Waals surface area contributed by atoms with Crippen molar-refractivity contribution in [3.8, 4) is 0 Å². The van der Waals surface area contributed by atoms with Crippen molar-refractivity contribution in [3.05, 3.63) is 22.4 Å². The summed E-state index contributed by atoms with van der Waals surface area (Å²) < 4.78 is 0. The van der Waals surface area contributed by atoms with Gasteiger partial charge in [0.25, 0.3) is 0 Å². The molecule has 0 aromatic carbocycles. The maximum Gasteiger partial charge on any atom is 0.00484 e. The molecule has 0 unspecified atom stereocenters. The van der Waals surface area contributed by atoms with Gasteiger partial charge in [-0.15, -0.1) is 11.3 Å². The number of hydrogen-bond acceptors (Lipinski definition) is 2. The molecule has 1 aromatic rings. The van der Waals surface area contributed by atoms with E-state index in [4.69, 9.17) is 0 Å². The molecule has 1 fully saturated rings. The van der Waals surface area contributed by atoms with Crippen LogP contribution in [0.2, 0.25) is 0 Å². The van der Waals surface area contributed by atoms with E-state index in [-0.39, 0.29) is 0 Å². The Morgan fingerprint density at radius 2 is 2.58 bits per heavy atom. The van der Waals surface area contributed by atoms with E-state index in [0.29, 0.717) is 0 Å².